The summed E-state index contributed by atoms with van der Waals surface area (Å²) in [5.74, 6) is -0.376. The number of carboxylic acid groups (broad SMARTS) is 1. The molecular weight excluding hydrogens is 512 g/mol. The van der Waals surface area contributed by atoms with Crippen molar-refractivity contribution in [2.24, 2.45) is 14.1 Å². The van der Waals surface area contributed by atoms with Crippen molar-refractivity contribution < 1.29 is 19.4 Å². The number of nitrogens with one attached hydrogen (secondary N) is 2. The van der Waals surface area contributed by atoms with Crippen LogP contribution in [0, 0.1) is 0 Å². The maximum absolute atomic E-state index is 12.6. The maximum Gasteiger partial charge on any atom is 0.338 e. The number of ether oxygens (including phenoxy) is 1. The van der Waals surface area contributed by atoms with Crippen LogP contribution < -0.4 is 15.4 Å². The Morgan fingerprint density at radius 1 is 1.12 bits per heavy atom. The van der Waals surface area contributed by atoms with E-state index in [1.165, 1.54) is 12.4 Å². The summed E-state index contributed by atoms with van der Waals surface area (Å²) in [6.07, 6.45) is 6.52. The first-order valence-electron chi connectivity index (χ1n) is 12.6. The van der Waals surface area contributed by atoms with Crippen molar-refractivity contribution in [2.75, 3.05) is 10.6 Å². The Hall–Kier alpha value is -5.26. The van der Waals surface area contributed by atoms with Gasteiger partial charge in [-0.25, -0.2) is 14.8 Å². The number of carboxylic acids is 1. The number of fused-ring (bicyclic) bond motifs is 2. The Morgan fingerprint density at radius 3 is 2.65 bits per heavy atom. The topological polar surface area (TPSA) is 149 Å². The zero-order chi connectivity index (χ0) is 28.0. The van der Waals surface area contributed by atoms with Crippen LogP contribution in [0.25, 0.3) is 33.3 Å². The molecule has 0 saturated carbocycles. The summed E-state index contributed by atoms with van der Waals surface area (Å²) < 4.78 is 9.62. The Morgan fingerprint density at radius 2 is 1.93 bits per heavy atom. The molecule has 0 fully saturated rings. The van der Waals surface area contributed by atoms with Gasteiger partial charge in [0.2, 0.25) is 5.91 Å². The molecule has 12 heteroatoms. The third kappa shape index (κ3) is 4.70. The summed E-state index contributed by atoms with van der Waals surface area (Å²) >= 11 is 0. The van der Waals surface area contributed by atoms with Gasteiger partial charge in [0.05, 0.1) is 28.7 Å². The van der Waals surface area contributed by atoms with Crippen LogP contribution in [0.15, 0.2) is 55.1 Å². The van der Waals surface area contributed by atoms with Gasteiger partial charge in [0.15, 0.2) is 5.82 Å². The quantitative estimate of drug-likeness (QED) is 0.293. The molecule has 6 rings (SSSR count). The van der Waals surface area contributed by atoms with E-state index in [1.807, 2.05) is 50.1 Å². The minimum Gasteiger partial charge on any atom is -0.486 e. The van der Waals surface area contributed by atoms with Gasteiger partial charge in [0.25, 0.3) is 0 Å². The first-order chi connectivity index (χ1) is 19.2. The van der Waals surface area contributed by atoms with Crippen molar-refractivity contribution in [3.05, 3.63) is 66.5 Å². The van der Waals surface area contributed by atoms with Crippen molar-refractivity contribution in [3.63, 3.8) is 0 Å². The van der Waals surface area contributed by atoms with Crippen LogP contribution >= 0.6 is 0 Å². The third-order valence-electron chi connectivity index (χ3n) is 6.73. The van der Waals surface area contributed by atoms with Gasteiger partial charge in [-0.1, -0.05) is 6.07 Å². The van der Waals surface area contributed by atoms with Crippen molar-refractivity contribution in [2.45, 2.75) is 26.0 Å². The molecule has 40 heavy (non-hydrogen) atoms. The number of amides is 1. The second kappa shape index (κ2) is 9.80. The Kier molecular flexibility index (Phi) is 6.14. The number of hydrogen-bond donors (Lipinski definition) is 3. The number of benzene rings is 2. The van der Waals surface area contributed by atoms with Crippen LogP contribution in [0.3, 0.4) is 0 Å². The number of aromatic carboxylic acids is 1. The second-order valence-electron chi connectivity index (χ2n) is 9.78. The molecular formula is C28H26N8O4. The van der Waals surface area contributed by atoms with E-state index in [9.17, 15) is 9.59 Å². The van der Waals surface area contributed by atoms with Gasteiger partial charge in [-0.05, 0) is 30.7 Å². The van der Waals surface area contributed by atoms with E-state index < -0.39 is 5.97 Å². The molecule has 0 aliphatic carbocycles. The van der Waals surface area contributed by atoms with Crippen LogP contribution in [0.5, 0.6) is 5.75 Å². The maximum atomic E-state index is 12.6. The number of aromatic nitrogens is 6. The van der Waals surface area contributed by atoms with Crippen molar-refractivity contribution in [3.8, 4) is 28.1 Å². The highest BCUT2D eigenvalue weighted by molar-refractivity contribution is 6.03. The lowest BCUT2D eigenvalue weighted by atomic mass is 9.98. The molecule has 1 amide bonds. The fraction of sp³-hybridized carbons (Fsp3) is 0.214. The number of carbonyl (C=O) groups excluding carboxylic acids is 1. The molecule has 0 spiro atoms. The summed E-state index contributed by atoms with van der Waals surface area (Å²) in [4.78, 5) is 31.8. The zero-order valence-electron chi connectivity index (χ0n) is 22.0. The van der Waals surface area contributed by atoms with Crippen molar-refractivity contribution in [1.82, 2.24) is 29.5 Å². The molecule has 1 aliphatic heterocycles. The van der Waals surface area contributed by atoms with E-state index in [1.54, 1.807) is 16.9 Å². The third-order valence-corrected chi connectivity index (χ3v) is 6.73. The average Bonchev–Trinajstić information content (AvgIpc) is 3.46. The smallest absolute Gasteiger partial charge is 0.338 e. The number of anilines is 2. The summed E-state index contributed by atoms with van der Waals surface area (Å²) in [6, 6.07) is 9.70. The van der Waals surface area contributed by atoms with Crippen molar-refractivity contribution in [1.29, 1.82) is 0 Å². The molecule has 5 aromatic rings. The first-order valence-corrected chi connectivity index (χ1v) is 12.6. The van der Waals surface area contributed by atoms with E-state index in [0.717, 1.165) is 39.0 Å². The van der Waals surface area contributed by atoms with Gasteiger partial charge < -0.3 is 20.5 Å². The first kappa shape index (κ1) is 25.0. The van der Waals surface area contributed by atoms with Gasteiger partial charge in [0, 0.05) is 67.7 Å². The molecule has 4 heterocycles. The molecule has 3 aromatic heterocycles. The minimum atomic E-state index is -1.10. The van der Waals surface area contributed by atoms with Gasteiger partial charge in [-0.15, -0.1) is 0 Å². The van der Waals surface area contributed by atoms with E-state index in [-0.39, 0.29) is 24.1 Å². The van der Waals surface area contributed by atoms with E-state index >= 15 is 0 Å². The molecule has 0 saturated heterocycles. The molecule has 0 radical (unpaired) electrons. The van der Waals surface area contributed by atoms with Crippen molar-refractivity contribution >= 4 is 34.2 Å². The Balaban J connectivity index is 1.43. The van der Waals surface area contributed by atoms with Crippen LogP contribution in [-0.2, 0) is 25.5 Å². The monoisotopic (exact) mass is 538 g/mol. The molecule has 202 valence electrons. The number of carbonyl (C=O) groups is 2. The SMILES string of the molecule is CC1CC(=O)Nc2cc(OCc3ncc(C(=O)O)cn3)cc(-c3ccc4c(c3)c(-c3cnn(C)c3)nn4C)c2N1. The summed E-state index contributed by atoms with van der Waals surface area (Å²) in [7, 11) is 3.78. The molecule has 3 N–H and O–H groups in total. The lowest BCUT2D eigenvalue weighted by molar-refractivity contribution is -0.116. The second-order valence-corrected chi connectivity index (χ2v) is 9.78. The van der Waals surface area contributed by atoms with Crippen LogP contribution in [0.2, 0.25) is 0 Å². The highest BCUT2D eigenvalue weighted by Gasteiger charge is 2.23. The standard InChI is InChI=1S/C28H26N8O4/c1-15-6-25(37)33-22-9-19(40-14-24-29-10-17(11-30-24)28(38)39)8-20(27(22)32-15)16-4-5-23-21(7-16)26(34-36(23)3)18-12-31-35(2)13-18/h4-5,7-13,15,32H,6,14H2,1-3H3,(H,33,37)(H,38,39). The highest BCUT2D eigenvalue weighted by Crippen LogP contribution is 2.42. The Bertz CT molecular complexity index is 1770. The number of hydrogen-bond acceptors (Lipinski definition) is 8. The predicted octanol–water partition coefficient (Wildman–Crippen LogP) is 3.85. The lowest BCUT2D eigenvalue weighted by Crippen LogP contribution is -2.19. The largest absolute Gasteiger partial charge is 0.486 e. The summed E-state index contributed by atoms with van der Waals surface area (Å²) in [5, 5.41) is 25.6. The molecule has 1 atom stereocenters. The fourth-order valence-electron chi connectivity index (χ4n) is 4.84. The van der Waals surface area contributed by atoms with Crippen LogP contribution in [-0.4, -0.2) is 52.6 Å². The number of aryl methyl sites for hydroxylation is 2. The van der Waals surface area contributed by atoms with E-state index in [0.29, 0.717) is 23.7 Å². The molecule has 1 aliphatic rings. The van der Waals surface area contributed by atoms with Gasteiger partial charge in [0.1, 0.15) is 18.1 Å². The Labute approximate surface area is 228 Å². The lowest BCUT2D eigenvalue weighted by Gasteiger charge is -2.19. The summed E-state index contributed by atoms with van der Waals surface area (Å²) in [5.41, 5.74) is 5.84. The fourth-order valence-corrected chi connectivity index (χ4v) is 4.84. The van der Waals surface area contributed by atoms with E-state index in [2.05, 4.69) is 31.8 Å². The zero-order valence-corrected chi connectivity index (χ0v) is 22.0. The predicted molar refractivity (Wildman–Crippen MR) is 148 cm³/mol. The van der Waals surface area contributed by atoms with Gasteiger partial charge >= 0.3 is 5.97 Å². The van der Waals surface area contributed by atoms with Crippen LogP contribution in [0.1, 0.15) is 29.5 Å². The summed E-state index contributed by atoms with van der Waals surface area (Å²) in [6.45, 7) is 1.98. The minimum absolute atomic E-state index is 0.00424. The number of rotatable bonds is 6. The van der Waals surface area contributed by atoms with E-state index in [4.69, 9.17) is 14.9 Å². The number of nitrogens with zero attached hydrogens (tertiary/aromatic N) is 6. The highest BCUT2D eigenvalue weighted by atomic mass is 16.5. The molecule has 0 bridgehead atoms. The normalized spacial score (nSPS) is 14.8. The average molecular weight is 539 g/mol. The van der Waals surface area contributed by atoms with Gasteiger partial charge in [-0.2, -0.15) is 10.2 Å². The van der Waals surface area contributed by atoms with Crippen LogP contribution in [0.4, 0.5) is 11.4 Å². The van der Waals surface area contributed by atoms with Gasteiger partial charge in [-0.3, -0.25) is 14.2 Å². The molecule has 2 aromatic carbocycles. The molecule has 12 nitrogen and oxygen atoms in total. The molecule has 1 unspecified atom stereocenters.